The fourth-order valence-electron chi connectivity index (χ4n) is 1.52. The summed E-state index contributed by atoms with van der Waals surface area (Å²) >= 11 is 6.54. The summed E-state index contributed by atoms with van der Waals surface area (Å²) < 4.78 is 28.2. The van der Waals surface area contributed by atoms with Crippen LogP contribution in [0.15, 0.2) is 32.0 Å². The molecule has 1 aromatic rings. The second-order valence-electron chi connectivity index (χ2n) is 4.48. The summed E-state index contributed by atoms with van der Waals surface area (Å²) in [4.78, 5) is 2.34. The zero-order chi connectivity index (χ0) is 14.5. The molecule has 0 aliphatic rings. The van der Waals surface area contributed by atoms with Gasteiger partial charge in [-0.1, -0.05) is 15.9 Å². The lowest BCUT2D eigenvalue weighted by atomic mass is 10.3. The van der Waals surface area contributed by atoms with Gasteiger partial charge in [0, 0.05) is 15.5 Å². The number of nitrogens with one attached hydrogen (secondary N) is 1. The standard InChI is InChI=1S/C12H18Br2N2O2S/c1-16(2)8-4-3-7-15-19(17,18)12-9-10(13)5-6-11(12)14/h5-6,9,15H,3-4,7-8H2,1-2H3. The average Bonchev–Trinajstić information content (AvgIpc) is 2.31. The Balaban J connectivity index is 2.59. The molecule has 0 aliphatic heterocycles. The zero-order valence-corrected chi connectivity index (χ0v) is 15.0. The van der Waals surface area contributed by atoms with Crippen molar-refractivity contribution in [2.75, 3.05) is 27.2 Å². The number of halogens is 2. The topological polar surface area (TPSA) is 49.4 Å². The maximum atomic E-state index is 12.1. The van der Waals surface area contributed by atoms with Crippen molar-refractivity contribution < 1.29 is 8.42 Å². The van der Waals surface area contributed by atoms with E-state index >= 15 is 0 Å². The second kappa shape index (κ2) is 7.73. The Hall–Kier alpha value is 0.0500. The van der Waals surface area contributed by atoms with Crippen LogP contribution in [0, 0.1) is 0 Å². The first-order chi connectivity index (χ1) is 8.83. The van der Waals surface area contributed by atoms with E-state index in [0.717, 1.165) is 23.9 Å². The SMILES string of the molecule is CN(C)CCCCNS(=O)(=O)c1cc(Br)ccc1Br. The first-order valence-corrected chi connectivity index (χ1v) is 8.99. The van der Waals surface area contributed by atoms with Gasteiger partial charge in [0.15, 0.2) is 0 Å². The Morgan fingerprint density at radius 1 is 1.21 bits per heavy atom. The highest BCUT2D eigenvalue weighted by molar-refractivity contribution is 9.11. The van der Waals surface area contributed by atoms with Crippen molar-refractivity contribution in [2.24, 2.45) is 0 Å². The fraction of sp³-hybridized carbons (Fsp3) is 0.500. The Morgan fingerprint density at radius 3 is 2.53 bits per heavy atom. The van der Waals surface area contributed by atoms with Crippen molar-refractivity contribution >= 4 is 41.9 Å². The lowest BCUT2D eigenvalue weighted by Gasteiger charge is -2.11. The summed E-state index contributed by atoms with van der Waals surface area (Å²) in [6.07, 6.45) is 1.79. The van der Waals surface area contributed by atoms with Gasteiger partial charge in [0.2, 0.25) is 10.0 Å². The highest BCUT2D eigenvalue weighted by atomic mass is 79.9. The molecule has 0 aromatic heterocycles. The van der Waals surface area contributed by atoms with Gasteiger partial charge < -0.3 is 4.90 Å². The van der Waals surface area contributed by atoms with E-state index in [-0.39, 0.29) is 4.90 Å². The van der Waals surface area contributed by atoms with Gasteiger partial charge in [-0.25, -0.2) is 13.1 Å². The summed E-state index contributed by atoms with van der Waals surface area (Å²) in [7, 11) is 0.551. The van der Waals surface area contributed by atoms with Crippen molar-refractivity contribution in [3.8, 4) is 0 Å². The van der Waals surface area contributed by atoms with Crippen LogP contribution in [-0.2, 0) is 10.0 Å². The molecule has 0 radical (unpaired) electrons. The van der Waals surface area contributed by atoms with Crippen LogP contribution in [0.1, 0.15) is 12.8 Å². The van der Waals surface area contributed by atoms with Crippen LogP contribution in [0.25, 0.3) is 0 Å². The van der Waals surface area contributed by atoms with Gasteiger partial charge in [-0.15, -0.1) is 0 Å². The molecule has 0 fully saturated rings. The fourth-order valence-corrected chi connectivity index (χ4v) is 4.09. The molecule has 1 aromatic carbocycles. The molecule has 4 nitrogen and oxygen atoms in total. The van der Waals surface area contributed by atoms with Crippen molar-refractivity contribution in [3.05, 3.63) is 27.1 Å². The summed E-state index contributed by atoms with van der Waals surface area (Å²) in [6.45, 7) is 1.41. The zero-order valence-electron chi connectivity index (χ0n) is 11.0. The van der Waals surface area contributed by atoms with E-state index in [9.17, 15) is 8.42 Å². The Kier molecular flexibility index (Phi) is 6.96. The number of rotatable bonds is 7. The van der Waals surface area contributed by atoms with E-state index in [1.54, 1.807) is 18.2 Å². The van der Waals surface area contributed by atoms with E-state index in [1.807, 2.05) is 14.1 Å². The van der Waals surface area contributed by atoms with Crippen LogP contribution in [0.4, 0.5) is 0 Å². The monoisotopic (exact) mass is 412 g/mol. The third-order valence-corrected chi connectivity index (χ3v) is 5.46. The summed E-state index contributed by atoms with van der Waals surface area (Å²) in [5.41, 5.74) is 0. The predicted molar refractivity (Wildman–Crippen MR) is 84.8 cm³/mol. The highest BCUT2D eigenvalue weighted by Crippen LogP contribution is 2.25. The third kappa shape index (κ3) is 5.91. The van der Waals surface area contributed by atoms with Gasteiger partial charge in [-0.2, -0.15) is 0 Å². The Morgan fingerprint density at radius 2 is 1.89 bits per heavy atom. The molecule has 7 heteroatoms. The number of unbranched alkanes of at least 4 members (excludes halogenated alkanes) is 1. The van der Waals surface area contributed by atoms with Gasteiger partial charge in [-0.05, 0) is 67.6 Å². The minimum atomic E-state index is -3.45. The largest absolute Gasteiger partial charge is 0.309 e. The summed E-state index contributed by atoms with van der Waals surface area (Å²) in [6, 6.07) is 5.09. The molecule has 19 heavy (non-hydrogen) atoms. The number of benzene rings is 1. The molecule has 0 unspecified atom stereocenters. The van der Waals surface area contributed by atoms with E-state index in [4.69, 9.17) is 0 Å². The van der Waals surface area contributed by atoms with Crippen LogP contribution >= 0.6 is 31.9 Å². The minimum absolute atomic E-state index is 0.259. The third-order valence-electron chi connectivity index (χ3n) is 2.51. The molecule has 0 bridgehead atoms. The van der Waals surface area contributed by atoms with Crippen molar-refractivity contribution in [1.82, 2.24) is 9.62 Å². The van der Waals surface area contributed by atoms with Gasteiger partial charge in [0.1, 0.15) is 0 Å². The van der Waals surface area contributed by atoms with Crippen molar-refractivity contribution in [3.63, 3.8) is 0 Å². The van der Waals surface area contributed by atoms with E-state index < -0.39 is 10.0 Å². The molecule has 0 saturated heterocycles. The lowest BCUT2D eigenvalue weighted by Crippen LogP contribution is -2.26. The van der Waals surface area contributed by atoms with Gasteiger partial charge in [0.05, 0.1) is 4.90 Å². The molecule has 0 saturated carbocycles. The molecule has 0 aliphatic carbocycles. The van der Waals surface area contributed by atoms with E-state index in [0.29, 0.717) is 11.0 Å². The molecule has 0 spiro atoms. The number of hydrogen-bond acceptors (Lipinski definition) is 3. The van der Waals surface area contributed by atoms with Crippen LogP contribution in [0.5, 0.6) is 0 Å². The smallest absolute Gasteiger partial charge is 0.241 e. The number of sulfonamides is 1. The second-order valence-corrected chi connectivity index (χ2v) is 7.99. The molecular formula is C12H18Br2N2O2S. The number of nitrogens with zero attached hydrogens (tertiary/aromatic N) is 1. The van der Waals surface area contributed by atoms with Crippen LogP contribution < -0.4 is 4.72 Å². The predicted octanol–water partition coefficient (Wildman–Crippen LogP) is 2.83. The van der Waals surface area contributed by atoms with E-state index in [2.05, 4.69) is 41.5 Å². The quantitative estimate of drug-likeness (QED) is 0.699. The average molecular weight is 414 g/mol. The maximum Gasteiger partial charge on any atom is 0.241 e. The van der Waals surface area contributed by atoms with E-state index in [1.165, 1.54) is 0 Å². The first kappa shape index (κ1) is 17.1. The normalized spacial score (nSPS) is 12.1. The molecule has 0 atom stereocenters. The summed E-state index contributed by atoms with van der Waals surface area (Å²) in [5, 5.41) is 0. The molecule has 1 N–H and O–H groups in total. The Bertz CT molecular complexity index is 518. The lowest BCUT2D eigenvalue weighted by molar-refractivity contribution is 0.394. The maximum absolute atomic E-state index is 12.1. The molecule has 1 rings (SSSR count). The van der Waals surface area contributed by atoms with Crippen LogP contribution in [0.2, 0.25) is 0 Å². The minimum Gasteiger partial charge on any atom is -0.309 e. The molecular weight excluding hydrogens is 396 g/mol. The highest BCUT2D eigenvalue weighted by Gasteiger charge is 2.17. The number of hydrogen-bond donors (Lipinski definition) is 1. The first-order valence-electron chi connectivity index (χ1n) is 5.92. The van der Waals surface area contributed by atoms with Gasteiger partial charge in [0.25, 0.3) is 0 Å². The molecule has 108 valence electrons. The van der Waals surface area contributed by atoms with Gasteiger partial charge in [-0.3, -0.25) is 0 Å². The van der Waals surface area contributed by atoms with Crippen molar-refractivity contribution in [1.29, 1.82) is 0 Å². The Labute approximate surface area is 131 Å². The van der Waals surface area contributed by atoms with Gasteiger partial charge >= 0.3 is 0 Å². The van der Waals surface area contributed by atoms with Crippen LogP contribution in [-0.4, -0.2) is 40.5 Å². The van der Waals surface area contributed by atoms with Crippen molar-refractivity contribution in [2.45, 2.75) is 17.7 Å². The van der Waals surface area contributed by atoms with Crippen LogP contribution in [0.3, 0.4) is 0 Å². The molecule has 0 heterocycles. The molecule has 0 amide bonds. The summed E-state index contributed by atoms with van der Waals surface area (Å²) in [5.74, 6) is 0.